The molecule has 0 radical (unpaired) electrons. The van der Waals surface area contributed by atoms with Gasteiger partial charge in [0.25, 0.3) is 3.79 Å². The van der Waals surface area contributed by atoms with Gasteiger partial charge in [-0.3, -0.25) is 5.41 Å². The van der Waals surface area contributed by atoms with E-state index in [1.807, 2.05) is 91.0 Å². The van der Waals surface area contributed by atoms with Crippen LogP contribution >= 0.6 is 34.8 Å². The van der Waals surface area contributed by atoms with Gasteiger partial charge in [-0.2, -0.15) is 0 Å². The van der Waals surface area contributed by atoms with Crippen LogP contribution in [0.5, 0.6) is 0 Å². The first kappa shape index (κ1) is 28.3. The Balaban J connectivity index is 1.44. The van der Waals surface area contributed by atoms with E-state index in [0.29, 0.717) is 0 Å². The Bertz CT molecular complexity index is 1200. The van der Waals surface area contributed by atoms with Crippen molar-refractivity contribution in [3.8, 4) is 0 Å². The molecule has 5 rings (SSSR count). The molecule has 7 nitrogen and oxygen atoms in total. The number of hydrogen-bond acceptors (Lipinski definition) is 7. The van der Waals surface area contributed by atoms with Crippen molar-refractivity contribution >= 4 is 40.7 Å². The fourth-order valence-electron chi connectivity index (χ4n) is 4.50. The molecule has 0 amide bonds. The van der Waals surface area contributed by atoms with Gasteiger partial charge < -0.3 is 28.4 Å². The molecule has 2 aliphatic rings. The molecular formula is C29H28Cl3NO6. The summed E-state index contributed by atoms with van der Waals surface area (Å²) in [6, 6.07) is 29.1. The van der Waals surface area contributed by atoms with Crippen LogP contribution in [0.1, 0.15) is 23.0 Å². The number of alkyl halides is 3. The van der Waals surface area contributed by atoms with Crippen molar-refractivity contribution in [2.45, 2.75) is 54.0 Å². The van der Waals surface area contributed by atoms with E-state index in [9.17, 15) is 0 Å². The highest BCUT2D eigenvalue weighted by Crippen LogP contribution is 2.38. The molecule has 10 heteroatoms. The zero-order valence-corrected chi connectivity index (χ0v) is 23.1. The van der Waals surface area contributed by atoms with Crippen molar-refractivity contribution < 1.29 is 28.4 Å². The molecule has 0 aromatic heterocycles. The molecule has 3 aromatic carbocycles. The number of rotatable bonds is 8. The first-order valence-corrected chi connectivity index (χ1v) is 13.6. The molecule has 0 bridgehead atoms. The van der Waals surface area contributed by atoms with Gasteiger partial charge in [0.05, 0.1) is 19.8 Å². The van der Waals surface area contributed by atoms with E-state index in [1.54, 1.807) is 0 Å². The largest absolute Gasteiger partial charge is 0.445 e. The maximum atomic E-state index is 8.18. The third-order valence-electron chi connectivity index (χ3n) is 6.42. The molecule has 206 valence electrons. The summed E-state index contributed by atoms with van der Waals surface area (Å²) in [6.07, 6.45) is -4.41. The zero-order chi connectivity index (χ0) is 27.2. The highest BCUT2D eigenvalue weighted by Gasteiger charge is 2.53. The van der Waals surface area contributed by atoms with E-state index >= 15 is 0 Å². The second-order valence-electron chi connectivity index (χ2n) is 9.19. The number of hydrogen-bond donors (Lipinski definition) is 1. The molecule has 2 saturated heterocycles. The van der Waals surface area contributed by atoms with Crippen molar-refractivity contribution in [1.82, 2.24) is 0 Å². The minimum absolute atomic E-state index is 0.196. The number of benzene rings is 3. The Labute approximate surface area is 242 Å². The van der Waals surface area contributed by atoms with Gasteiger partial charge in [-0.05, 0) is 11.1 Å². The summed E-state index contributed by atoms with van der Waals surface area (Å²) in [6.45, 7) is 0.716. The minimum Gasteiger partial charge on any atom is -0.445 e. The van der Waals surface area contributed by atoms with Gasteiger partial charge in [0.1, 0.15) is 24.4 Å². The van der Waals surface area contributed by atoms with Gasteiger partial charge >= 0.3 is 0 Å². The van der Waals surface area contributed by atoms with Crippen LogP contribution in [0.3, 0.4) is 0 Å². The number of nitrogens with one attached hydrogen (secondary N) is 1. The minimum atomic E-state index is -2.08. The Morgan fingerprint density at radius 3 is 1.87 bits per heavy atom. The quantitative estimate of drug-likeness (QED) is 0.186. The van der Waals surface area contributed by atoms with E-state index in [4.69, 9.17) is 68.6 Å². The molecule has 0 unspecified atom stereocenters. The molecule has 0 saturated carbocycles. The molecule has 0 aliphatic carbocycles. The Morgan fingerprint density at radius 1 is 0.769 bits per heavy atom. The van der Waals surface area contributed by atoms with Crippen LogP contribution < -0.4 is 0 Å². The average molecular weight is 593 g/mol. The lowest BCUT2D eigenvalue weighted by molar-refractivity contribution is -0.363. The van der Waals surface area contributed by atoms with Crippen molar-refractivity contribution in [2.24, 2.45) is 0 Å². The summed E-state index contributed by atoms with van der Waals surface area (Å²) >= 11 is 17.8. The Kier molecular flexibility index (Phi) is 9.43. The van der Waals surface area contributed by atoms with Crippen LogP contribution in [0, 0.1) is 5.41 Å². The van der Waals surface area contributed by atoms with E-state index in [0.717, 1.165) is 16.7 Å². The van der Waals surface area contributed by atoms with Gasteiger partial charge in [0.15, 0.2) is 6.29 Å². The van der Waals surface area contributed by atoms with Crippen molar-refractivity contribution in [1.29, 1.82) is 5.41 Å². The molecule has 2 fully saturated rings. The van der Waals surface area contributed by atoms with Crippen molar-refractivity contribution in [2.75, 3.05) is 6.61 Å². The number of ether oxygens (including phenoxy) is 6. The maximum Gasteiger partial charge on any atom is 0.265 e. The second-order valence-corrected chi connectivity index (χ2v) is 11.5. The van der Waals surface area contributed by atoms with Crippen molar-refractivity contribution in [3.63, 3.8) is 0 Å². The monoisotopic (exact) mass is 591 g/mol. The second kappa shape index (κ2) is 13.0. The van der Waals surface area contributed by atoms with Gasteiger partial charge in [-0.1, -0.05) is 126 Å². The highest BCUT2D eigenvalue weighted by atomic mass is 35.6. The standard InChI is InChI=1S/C29H28Cl3NO6/c30-29(31,32)28(33)39-27-25(35-17-20-12-6-2-7-13-20)24(34-16-19-10-4-1-5-11-19)23-22(37-27)18-36-26(38-23)21-14-8-3-9-15-21/h1-15,22-27,33H,16-18H2/t22-,23+,24+,25-,26-,27-/m1/s1. The number of halogens is 3. The first-order valence-electron chi connectivity index (χ1n) is 12.5. The lowest BCUT2D eigenvalue weighted by Crippen LogP contribution is -2.64. The molecule has 1 N–H and O–H groups in total. The lowest BCUT2D eigenvalue weighted by atomic mass is 9.97. The summed E-state index contributed by atoms with van der Waals surface area (Å²) in [5, 5.41) is 8.18. The Hall–Kier alpha value is -2.20. The first-order chi connectivity index (χ1) is 18.9. The smallest absolute Gasteiger partial charge is 0.265 e. The predicted molar refractivity (Wildman–Crippen MR) is 148 cm³/mol. The lowest BCUT2D eigenvalue weighted by Gasteiger charge is -2.48. The van der Waals surface area contributed by atoms with Crippen LogP contribution in [0.2, 0.25) is 0 Å². The molecule has 0 spiro atoms. The summed E-state index contributed by atoms with van der Waals surface area (Å²) in [7, 11) is 0. The van der Waals surface area contributed by atoms with E-state index in [2.05, 4.69) is 0 Å². The molecule has 6 atom stereocenters. The van der Waals surface area contributed by atoms with E-state index < -0.39 is 46.7 Å². The van der Waals surface area contributed by atoms with Crippen LogP contribution in [-0.4, -0.2) is 47.0 Å². The summed E-state index contributed by atoms with van der Waals surface area (Å²) < 4.78 is 35.2. The molecular weight excluding hydrogens is 565 g/mol. The fraction of sp³-hybridized carbons (Fsp3) is 0.345. The molecule has 2 aliphatic heterocycles. The normalized spacial score (nSPS) is 26.9. The van der Waals surface area contributed by atoms with E-state index in [1.165, 1.54) is 0 Å². The third kappa shape index (κ3) is 7.31. The fourth-order valence-corrected chi connectivity index (χ4v) is 4.64. The third-order valence-corrected chi connectivity index (χ3v) is 6.93. The zero-order valence-electron chi connectivity index (χ0n) is 20.8. The van der Waals surface area contributed by atoms with Crippen LogP contribution in [-0.2, 0) is 41.6 Å². The summed E-state index contributed by atoms with van der Waals surface area (Å²) in [5.74, 6) is -0.592. The van der Waals surface area contributed by atoms with Crippen LogP contribution in [0.25, 0.3) is 0 Å². The van der Waals surface area contributed by atoms with Gasteiger partial charge in [-0.15, -0.1) is 0 Å². The average Bonchev–Trinajstić information content (AvgIpc) is 2.96. The summed E-state index contributed by atoms with van der Waals surface area (Å²) in [4.78, 5) is 0. The number of fused-ring (bicyclic) bond motifs is 1. The molecule has 39 heavy (non-hydrogen) atoms. The van der Waals surface area contributed by atoms with Gasteiger partial charge in [0, 0.05) is 5.56 Å². The maximum absolute atomic E-state index is 8.18. The van der Waals surface area contributed by atoms with Crippen LogP contribution in [0.4, 0.5) is 0 Å². The topological polar surface area (TPSA) is 79.2 Å². The molecule has 3 aromatic rings. The van der Waals surface area contributed by atoms with Gasteiger partial charge in [0.2, 0.25) is 12.2 Å². The highest BCUT2D eigenvalue weighted by molar-refractivity contribution is 6.76. The Morgan fingerprint density at radius 2 is 1.31 bits per heavy atom. The predicted octanol–water partition coefficient (Wildman–Crippen LogP) is 6.36. The van der Waals surface area contributed by atoms with Crippen LogP contribution in [0.15, 0.2) is 91.0 Å². The SMILES string of the molecule is N=C(O[C@H]1O[C@@H]2CO[C@@H](c3ccccc3)O[C@@H]2[C@H](OCc2ccccc2)[C@H]1OCc1ccccc1)C(Cl)(Cl)Cl. The summed E-state index contributed by atoms with van der Waals surface area (Å²) in [5.41, 5.74) is 2.78. The molecule has 2 heterocycles. The van der Waals surface area contributed by atoms with Crippen molar-refractivity contribution in [3.05, 3.63) is 108 Å². The van der Waals surface area contributed by atoms with E-state index in [-0.39, 0.29) is 19.8 Å². The van der Waals surface area contributed by atoms with Gasteiger partial charge in [-0.25, -0.2) is 0 Å².